The maximum Gasteiger partial charge on any atom is 0.220 e. The Balaban J connectivity index is 1.69. The largest absolute Gasteiger partial charge is 0.356 e. The molecule has 0 heterocycles. The van der Waals surface area contributed by atoms with Gasteiger partial charge in [0, 0.05) is 29.4 Å². The molecule has 1 amide bonds. The van der Waals surface area contributed by atoms with Gasteiger partial charge in [0.2, 0.25) is 5.91 Å². The first-order valence-electron chi connectivity index (χ1n) is 7.24. The molecule has 0 aliphatic carbocycles. The number of amides is 1. The predicted octanol–water partition coefficient (Wildman–Crippen LogP) is 3.77. The van der Waals surface area contributed by atoms with Gasteiger partial charge < -0.3 is 5.32 Å². The molecule has 0 saturated carbocycles. The van der Waals surface area contributed by atoms with Gasteiger partial charge in [-0.1, -0.05) is 58.4 Å². The average Bonchev–Trinajstić information content (AvgIpc) is 2.54. The minimum absolute atomic E-state index is 0.00860. The summed E-state index contributed by atoms with van der Waals surface area (Å²) in [4.78, 5) is 23.7. The first-order chi connectivity index (χ1) is 10.6. The van der Waals surface area contributed by atoms with Crippen LogP contribution in [0.15, 0.2) is 59.1 Å². The Morgan fingerprint density at radius 1 is 0.909 bits per heavy atom. The minimum atomic E-state index is -0.0820. The van der Waals surface area contributed by atoms with E-state index in [0.717, 1.165) is 10.9 Å². The third-order valence-electron chi connectivity index (χ3n) is 3.32. The van der Waals surface area contributed by atoms with Gasteiger partial charge in [0.05, 0.1) is 0 Å². The highest BCUT2D eigenvalue weighted by Crippen LogP contribution is 2.12. The summed E-state index contributed by atoms with van der Waals surface area (Å²) in [5.41, 5.74) is 1.83. The van der Waals surface area contributed by atoms with Gasteiger partial charge in [-0.3, -0.25) is 9.59 Å². The monoisotopic (exact) mass is 359 g/mol. The number of hydrogen-bond donors (Lipinski definition) is 1. The fourth-order valence-corrected chi connectivity index (χ4v) is 2.35. The summed E-state index contributed by atoms with van der Waals surface area (Å²) in [5, 5.41) is 2.85. The molecular weight excluding hydrogens is 342 g/mol. The van der Waals surface area contributed by atoms with Gasteiger partial charge in [0.25, 0.3) is 0 Å². The molecule has 3 nitrogen and oxygen atoms in total. The van der Waals surface area contributed by atoms with Gasteiger partial charge in [0.1, 0.15) is 0 Å². The summed E-state index contributed by atoms with van der Waals surface area (Å²) in [6.45, 7) is 0.593. The topological polar surface area (TPSA) is 46.2 Å². The van der Waals surface area contributed by atoms with Crippen LogP contribution in [0, 0.1) is 0 Å². The van der Waals surface area contributed by atoms with Gasteiger partial charge >= 0.3 is 0 Å². The van der Waals surface area contributed by atoms with Crippen LogP contribution in [0.25, 0.3) is 0 Å². The van der Waals surface area contributed by atoms with Crippen molar-refractivity contribution in [2.45, 2.75) is 19.3 Å². The lowest BCUT2D eigenvalue weighted by Crippen LogP contribution is -2.26. The van der Waals surface area contributed by atoms with E-state index in [-0.39, 0.29) is 24.5 Å². The summed E-state index contributed by atoms with van der Waals surface area (Å²) in [6.07, 6.45) is 1.26. The van der Waals surface area contributed by atoms with Crippen LogP contribution in [0.1, 0.15) is 28.8 Å². The molecule has 0 aromatic heterocycles. The summed E-state index contributed by atoms with van der Waals surface area (Å²) in [5.74, 6) is -0.0906. The summed E-state index contributed by atoms with van der Waals surface area (Å²) in [6, 6.07) is 17.2. The highest BCUT2D eigenvalue weighted by molar-refractivity contribution is 9.10. The zero-order valence-electron chi connectivity index (χ0n) is 12.2. The van der Waals surface area contributed by atoms with Crippen LogP contribution >= 0.6 is 15.9 Å². The molecule has 1 N–H and O–H groups in total. The lowest BCUT2D eigenvalue weighted by molar-refractivity contribution is -0.121. The molecule has 2 rings (SSSR count). The second kappa shape index (κ2) is 8.49. The van der Waals surface area contributed by atoms with Crippen LogP contribution in [0.2, 0.25) is 0 Å². The van der Waals surface area contributed by atoms with Crippen LogP contribution < -0.4 is 5.32 Å². The highest BCUT2D eigenvalue weighted by Gasteiger charge is 2.09. The van der Waals surface area contributed by atoms with Crippen molar-refractivity contribution in [1.82, 2.24) is 5.32 Å². The van der Waals surface area contributed by atoms with Crippen LogP contribution in [0.3, 0.4) is 0 Å². The molecule has 2 aromatic rings. The number of ketones is 1. The zero-order chi connectivity index (χ0) is 15.8. The first-order valence-corrected chi connectivity index (χ1v) is 8.04. The van der Waals surface area contributed by atoms with E-state index in [9.17, 15) is 9.59 Å². The minimum Gasteiger partial charge on any atom is -0.356 e. The van der Waals surface area contributed by atoms with E-state index in [2.05, 4.69) is 21.2 Å². The van der Waals surface area contributed by atoms with Gasteiger partial charge in [0.15, 0.2) is 5.78 Å². The molecule has 0 aliphatic rings. The lowest BCUT2D eigenvalue weighted by Gasteiger charge is -2.05. The van der Waals surface area contributed by atoms with Crippen molar-refractivity contribution < 1.29 is 9.59 Å². The van der Waals surface area contributed by atoms with E-state index in [4.69, 9.17) is 0 Å². The van der Waals surface area contributed by atoms with Gasteiger partial charge in [-0.15, -0.1) is 0 Å². The van der Waals surface area contributed by atoms with Crippen molar-refractivity contribution in [1.29, 1.82) is 0 Å². The number of halogens is 1. The molecule has 0 unspecified atom stereocenters. The number of carbonyl (C=O) groups is 2. The normalized spacial score (nSPS) is 10.2. The van der Waals surface area contributed by atoms with Crippen LogP contribution in [-0.4, -0.2) is 18.2 Å². The molecule has 0 aliphatic heterocycles. The molecule has 4 heteroatoms. The Morgan fingerprint density at radius 2 is 1.59 bits per heavy atom. The van der Waals surface area contributed by atoms with Gasteiger partial charge in [-0.25, -0.2) is 0 Å². The summed E-state index contributed by atoms with van der Waals surface area (Å²) >= 11 is 3.33. The smallest absolute Gasteiger partial charge is 0.220 e. The maximum absolute atomic E-state index is 12.0. The second-order valence-corrected chi connectivity index (χ2v) is 5.93. The first kappa shape index (κ1) is 16.4. The molecule has 0 spiro atoms. The molecule has 0 atom stereocenters. The van der Waals surface area contributed by atoms with E-state index >= 15 is 0 Å². The third-order valence-corrected chi connectivity index (χ3v) is 3.85. The standard InChI is InChI=1S/C18H18BrNO2/c19-16-8-6-15(7-9-16)17(21)10-11-18(22)20-13-12-14-4-2-1-3-5-14/h1-9H,10-13H2,(H,20,22). The molecule has 0 saturated heterocycles. The van der Waals surface area contributed by atoms with Crippen molar-refractivity contribution >= 4 is 27.6 Å². The highest BCUT2D eigenvalue weighted by atomic mass is 79.9. The Bertz CT molecular complexity index is 623. The Morgan fingerprint density at radius 3 is 2.27 bits per heavy atom. The number of nitrogens with one attached hydrogen (secondary N) is 1. The lowest BCUT2D eigenvalue weighted by atomic mass is 10.1. The molecule has 2 aromatic carbocycles. The van der Waals surface area contributed by atoms with Crippen molar-refractivity contribution in [3.05, 3.63) is 70.2 Å². The Kier molecular flexibility index (Phi) is 6.34. The quantitative estimate of drug-likeness (QED) is 0.764. The van der Waals surface area contributed by atoms with Gasteiger partial charge in [-0.05, 0) is 24.1 Å². The van der Waals surface area contributed by atoms with E-state index in [1.807, 2.05) is 42.5 Å². The van der Waals surface area contributed by atoms with Crippen molar-refractivity contribution in [2.75, 3.05) is 6.54 Å². The predicted molar refractivity (Wildman–Crippen MR) is 90.9 cm³/mol. The number of benzene rings is 2. The molecule has 22 heavy (non-hydrogen) atoms. The summed E-state index contributed by atoms with van der Waals surface area (Å²) in [7, 11) is 0. The van der Waals surface area contributed by atoms with E-state index in [1.54, 1.807) is 12.1 Å². The number of rotatable bonds is 7. The molecular formula is C18H18BrNO2. The summed E-state index contributed by atoms with van der Waals surface area (Å²) < 4.78 is 0.933. The van der Waals surface area contributed by atoms with E-state index in [0.29, 0.717) is 12.1 Å². The average molecular weight is 360 g/mol. The van der Waals surface area contributed by atoms with Crippen molar-refractivity contribution in [3.63, 3.8) is 0 Å². The Hall–Kier alpha value is -1.94. The fraction of sp³-hybridized carbons (Fsp3) is 0.222. The number of carbonyl (C=O) groups excluding carboxylic acids is 2. The van der Waals surface area contributed by atoms with Crippen LogP contribution in [-0.2, 0) is 11.2 Å². The third kappa shape index (κ3) is 5.45. The van der Waals surface area contributed by atoms with Crippen molar-refractivity contribution in [2.24, 2.45) is 0 Å². The maximum atomic E-state index is 12.0. The Labute approximate surface area is 138 Å². The second-order valence-electron chi connectivity index (χ2n) is 5.02. The van der Waals surface area contributed by atoms with E-state index in [1.165, 1.54) is 5.56 Å². The molecule has 0 fully saturated rings. The van der Waals surface area contributed by atoms with Gasteiger partial charge in [-0.2, -0.15) is 0 Å². The van der Waals surface area contributed by atoms with Crippen LogP contribution in [0.5, 0.6) is 0 Å². The SMILES string of the molecule is O=C(CCC(=O)c1ccc(Br)cc1)NCCc1ccccc1. The molecule has 0 radical (unpaired) electrons. The fourth-order valence-electron chi connectivity index (χ4n) is 2.09. The number of hydrogen-bond acceptors (Lipinski definition) is 2. The van der Waals surface area contributed by atoms with E-state index < -0.39 is 0 Å². The molecule has 114 valence electrons. The zero-order valence-corrected chi connectivity index (χ0v) is 13.8. The number of Topliss-reactive ketones (excluding diaryl/α,β-unsaturated/α-hetero) is 1. The van der Waals surface area contributed by atoms with Crippen molar-refractivity contribution in [3.8, 4) is 0 Å². The molecule has 0 bridgehead atoms. The van der Waals surface area contributed by atoms with Crippen LogP contribution in [0.4, 0.5) is 0 Å².